The topological polar surface area (TPSA) is 29.5 Å². The molecule has 1 heterocycles. The minimum absolute atomic E-state index is 0.0335. The number of carbonyl (C=O) groups is 1. The van der Waals surface area contributed by atoms with Crippen molar-refractivity contribution in [3.8, 4) is 5.75 Å². The van der Waals surface area contributed by atoms with Gasteiger partial charge in [0.15, 0.2) is 0 Å². The van der Waals surface area contributed by atoms with E-state index in [2.05, 4.69) is 12.1 Å². The molecule has 1 aliphatic heterocycles. The predicted octanol–water partition coefficient (Wildman–Crippen LogP) is 4.25. The van der Waals surface area contributed by atoms with E-state index in [1.54, 1.807) is 18.9 Å². The van der Waals surface area contributed by atoms with E-state index >= 15 is 0 Å². The van der Waals surface area contributed by atoms with Crippen LogP contribution in [-0.4, -0.2) is 22.7 Å². The molecule has 0 N–H and O–H groups in total. The average Bonchev–Trinajstić information content (AvgIpc) is 2.79. The molecule has 1 amide bonds. The fraction of sp³-hybridized carbons (Fsp3) is 0.316. The van der Waals surface area contributed by atoms with E-state index in [1.165, 1.54) is 0 Å². The Morgan fingerprint density at radius 1 is 1.09 bits per heavy atom. The molecule has 1 atom stereocenters. The summed E-state index contributed by atoms with van der Waals surface area (Å²) in [4.78, 5) is 14.8. The first-order chi connectivity index (χ1) is 11.0. The van der Waals surface area contributed by atoms with Crippen molar-refractivity contribution in [1.82, 2.24) is 4.90 Å². The normalized spacial score (nSPS) is 19.9. The summed E-state index contributed by atoms with van der Waals surface area (Å²) in [5.41, 5.74) is 2.19. The number of para-hydroxylation sites is 1. The zero-order chi connectivity index (χ0) is 16.4. The Morgan fingerprint density at radius 2 is 1.74 bits per heavy atom. The first kappa shape index (κ1) is 15.9. The highest BCUT2D eigenvalue weighted by atomic mass is 32.2. The van der Waals surface area contributed by atoms with Crippen molar-refractivity contribution in [3.05, 3.63) is 65.7 Å². The van der Waals surface area contributed by atoms with Crippen LogP contribution >= 0.6 is 11.8 Å². The standard InChI is InChI=1S/C19H21NO2S/c1-19(2)18(21)20(13-14-9-5-4-6-10-14)17(23-19)15-11-7-8-12-16(15)22-3/h4-12,17H,13H2,1-3H3/t17-/m1/s1. The zero-order valence-corrected chi connectivity index (χ0v) is 14.5. The van der Waals surface area contributed by atoms with E-state index in [0.29, 0.717) is 6.54 Å². The quantitative estimate of drug-likeness (QED) is 0.841. The van der Waals surface area contributed by atoms with Crippen LogP contribution in [0.2, 0.25) is 0 Å². The van der Waals surface area contributed by atoms with Crippen LogP contribution in [0.1, 0.15) is 30.3 Å². The molecule has 23 heavy (non-hydrogen) atoms. The van der Waals surface area contributed by atoms with Gasteiger partial charge in [0, 0.05) is 12.1 Å². The lowest BCUT2D eigenvalue weighted by molar-refractivity contribution is -0.132. The number of rotatable bonds is 4. The van der Waals surface area contributed by atoms with Gasteiger partial charge in [-0.2, -0.15) is 0 Å². The fourth-order valence-electron chi connectivity index (χ4n) is 2.88. The van der Waals surface area contributed by atoms with Crippen LogP contribution in [0.25, 0.3) is 0 Å². The molecule has 0 unspecified atom stereocenters. The second kappa shape index (κ2) is 6.28. The van der Waals surface area contributed by atoms with E-state index in [9.17, 15) is 4.79 Å². The summed E-state index contributed by atoms with van der Waals surface area (Å²) >= 11 is 1.68. The van der Waals surface area contributed by atoms with Crippen LogP contribution in [-0.2, 0) is 11.3 Å². The maximum Gasteiger partial charge on any atom is 0.239 e. The van der Waals surface area contributed by atoms with Gasteiger partial charge < -0.3 is 9.64 Å². The molecule has 0 spiro atoms. The van der Waals surface area contributed by atoms with E-state index in [1.807, 2.05) is 61.2 Å². The number of benzene rings is 2. The van der Waals surface area contributed by atoms with Crippen LogP contribution in [0.5, 0.6) is 5.75 Å². The van der Waals surface area contributed by atoms with E-state index in [-0.39, 0.29) is 11.3 Å². The molecule has 1 saturated heterocycles. The van der Waals surface area contributed by atoms with Gasteiger partial charge in [-0.1, -0.05) is 48.5 Å². The maximum absolute atomic E-state index is 12.9. The van der Waals surface area contributed by atoms with Crippen molar-refractivity contribution in [2.24, 2.45) is 0 Å². The van der Waals surface area contributed by atoms with Crippen molar-refractivity contribution < 1.29 is 9.53 Å². The number of carbonyl (C=O) groups excluding carboxylic acids is 1. The molecular formula is C19H21NO2S. The van der Waals surface area contributed by atoms with Crippen molar-refractivity contribution in [2.45, 2.75) is 30.5 Å². The molecule has 3 rings (SSSR count). The van der Waals surface area contributed by atoms with Gasteiger partial charge in [0.05, 0.1) is 11.9 Å². The lowest BCUT2D eigenvalue weighted by Crippen LogP contribution is -2.34. The molecule has 0 bridgehead atoms. The third-order valence-electron chi connectivity index (χ3n) is 4.07. The minimum atomic E-state index is -0.430. The Bertz CT molecular complexity index is 700. The van der Waals surface area contributed by atoms with Gasteiger partial charge in [-0.3, -0.25) is 4.79 Å². The van der Waals surface area contributed by atoms with Crippen LogP contribution in [0.15, 0.2) is 54.6 Å². The van der Waals surface area contributed by atoms with Gasteiger partial charge in [-0.15, -0.1) is 11.8 Å². The van der Waals surface area contributed by atoms with Crippen LogP contribution in [0.3, 0.4) is 0 Å². The molecule has 2 aromatic rings. The summed E-state index contributed by atoms with van der Waals surface area (Å²) in [6, 6.07) is 18.1. The lowest BCUT2D eigenvalue weighted by Gasteiger charge is -2.25. The number of amides is 1. The van der Waals surface area contributed by atoms with Crippen molar-refractivity contribution >= 4 is 17.7 Å². The van der Waals surface area contributed by atoms with Gasteiger partial charge in [-0.25, -0.2) is 0 Å². The molecular weight excluding hydrogens is 306 g/mol. The van der Waals surface area contributed by atoms with Crippen LogP contribution in [0, 0.1) is 0 Å². The summed E-state index contributed by atoms with van der Waals surface area (Å²) in [7, 11) is 1.67. The molecule has 120 valence electrons. The highest BCUT2D eigenvalue weighted by Gasteiger charge is 2.47. The molecule has 0 radical (unpaired) electrons. The summed E-state index contributed by atoms with van der Waals surface area (Å²) in [6.07, 6.45) is 0. The number of nitrogens with zero attached hydrogens (tertiary/aromatic N) is 1. The highest BCUT2D eigenvalue weighted by molar-refractivity contribution is 8.02. The number of thioether (sulfide) groups is 1. The molecule has 3 nitrogen and oxygen atoms in total. The second-order valence-corrected chi connectivity index (χ2v) is 7.84. The van der Waals surface area contributed by atoms with Crippen LogP contribution < -0.4 is 4.74 Å². The van der Waals surface area contributed by atoms with Gasteiger partial charge in [0.2, 0.25) is 5.91 Å². The zero-order valence-electron chi connectivity index (χ0n) is 13.7. The van der Waals surface area contributed by atoms with E-state index in [4.69, 9.17) is 4.74 Å². The molecule has 0 aliphatic carbocycles. The van der Waals surface area contributed by atoms with Crippen molar-refractivity contribution in [2.75, 3.05) is 7.11 Å². The largest absolute Gasteiger partial charge is 0.496 e. The third-order valence-corrected chi connectivity index (χ3v) is 5.56. The Kier molecular flexibility index (Phi) is 4.35. The number of methoxy groups -OCH3 is 1. The summed E-state index contributed by atoms with van der Waals surface area (Å²) in [6.45, 7) is 4.60. The first-order valence-corrected chi connectivity index (χ1v) is 8.56. The first-order valence-electron chi connectivity index (χ1n) is 7.68. The number of hydrogen-bond donors (Lipinski definition) is 0. The summed E-state index contributed by atoms with van der Waals surface area (Å²) in [5, 5.41) is -0.0335. The molecule has 1 fully saturated rings. The monoisotopic (exact) mass is 327 g/mol. The fourth-order valence-corrected chi connectivity index (χ4v) is 4.28. The summed E-state index contributed by atoms with van der Waals surface area (Å²) in [5.74, 6) is 0.996. The predicted molar refractivity (Wildman–Crippen MR) is 94.4 cm³/mol. The van der Waals surface area contributed by atoms with Crippen LogP contribution in [0.4, 0.5) is 0 Å². The van der Waals surface area contributed by atoms with Gasteiger partial charge in [0.1, 0.15) is 11.1 Å². The Labute approximate surface area is 141 Å². The smallest absolute Gasteiger partial charge is 0.239 e. The van der Waals surface area contributed by atoms with Gasteiger partial charge in [0.25, 0.3) is 0 Å². The molecule has 0 saturated carbocycles. The molecule has 2 aromatic carbocycles. The number of hydrogen-bond acceptors (Lipinski definition) is 3. The third kappa shape index (κ3) is 3.08. The SMILES string of the molecule is COc1ccccc1[C@H]1SC(C)(C)C(=O)N1Cc1ccccc1. The molecule has 4 heteroatoms. The van der Waals surface area contributed by atoms with E-state index < -0.39 is 4.75 Å². The molecule has 1 aliphatic rings. The minimum Gasteiger partial charge on any atom is -0.496 e. The Hall–Kier alpha value is -1.94. The van der Waals surface area contributed by atoms with Gasteiger partial charge in [-0.05, 0) is 25.5 Å². The van der Waals surface area contributed by atoms with E-state index in [0.717, 1.165) is 16.9 Å². The van der Waals surface area contributed by atoms with Crippen molar-refractivity contribution in [1.29, 1.82) is 0 Å². The Morgan fingerprint density at radius 3 is 2.43 bits per heavy atom. The maximum atomic E-state index is 12.9. The Balaban J connectivity index is 1.98. The summed E-state index contributed by atoms with van der Waals surface area (Å²) < 4.78 is 5.08. The average molecular weight is 327 g/mol. The highest BCUT2D eigenvalue weighted by Crippen LogP contribution is 2.51. The van der Waals surface area contributed by atoms with Crippen molar-refractivity contribution in [3.63, 3.8) is 0 Å². The number of ether oxygens (including phenoxy) is 1. The van der Waals surface area contributed by atoms with Gasteiger partial charge >= 0.3 is 0 Å². The second-order valence-electron chi connectivity index (χ2n) is 6.14. The lowest BCUT2D eigenvalue weighted by atomic mass is 10.1. The molecule has 0 aromatic heterocycles.